The van der Waals surface area contributed by atoms with E-state index in [0.29, 0.717) is 0 Å². The van der Waals surface area contributed by atoms with Crippen LogP contribution in [0.4, 0.5) is 0 Å². The summed E-state index contributed by atoms with van der Waals surface area (Å²) < 4.78 is 1.37. The third kappa shape index (κ3) is 1.66. The summed E-state index contributed by atoms with van der Waals surface area (Å²) in [6, 6.07) is 0. The molecule has 2 aliphatic rings. The molecule has 2 fully saturated rings. The van der Waals surface area contributed by atoms with E-state index < -0.39 is 0 Å². The van der Waals surface area contributed by atoms with E-state index >= 15 is 0 Å². The number of quaternary nitrogens is 1. The van der Waals surface area contributed by atoms with Gasteiger partial charge >= 0.3 is 0 Å². The minimum Gasteiger partial charge on any atom is -0.325 e. The predicted octanol–water partition coefficient (Wildman–Crippen LogP) is 2.13. The lowest BCUT2D eigenvalue weighted by molar-refractivity contribution is -0.902. The molecule has 2 rings (SSSR count). The molecule has 0 aromatic carbocycles. The van der Waals surface area contributed by atoms with E-state index in [1.807, 2.05) is 0 Å². The van der Waals surface area contributed by atoms with Crippen LogP contribution in [0, 0.1) is 17.8 Å². The van der Waals surface area contributed by atoms with Crippen LogP contribution in [0.25, 0.3) is 0 Å². The molecule has 0 aromatic heterocycles. The third-order valence-corrected chi connectivity index (χ3v) is 3.82. The van der Waals surface area contributed by atoms with Crippen LogP contribution in [-0.2, 0) is 0 Å². The summed E-state index contributed by atoms with van der Waals surface area (Å²) in [6.45, 7) is 9.16. The molecule has 1 saturated heterocycles. The van der Waals surface area contributed by atoms with E-state index in [9.17, 15) is 0 Å². The SMILES string of the molecule is CC1C[N+](C)(CC2CC2)CC1C. The zero-order valence-electron chi connectivity index (χ0n) is 8.71. The van der Waals surface area contributed by atoms with E-state index in [0.717, 1.165) is 17.8 Å². The average Bonchev–Trinajstić information content (AvgIpc) is 2.65. The Labute approximate surface area is 76.3 Å². The van der Waals surface area contributed by atoms with Gasteiger partial charge < -0.3 is 4.48 Å². The van der Waals surface area contributed by atoms with Crippen LogP contribution < -0.4 is 0 Å². The van der Waals surface area contributed by atoms with Gasteiger partial charge in [0.25, 0.3) is 0 Å². The molecule has 2 atom stereocenters. The molecular weight excluding hydrogens is 146 g/mol. The molecule has 70 valence electrons. The van der Waals surface area contributed by atoms with Gasteiger partial charge in [-0.1, -0.05) is 13.8 Å². The lowest BCUT2D eigenvalue weighted by atomic mass is 10.0. The van der Waals surface area contributed by atoms with Crippen molar-refractivity contribution >= 4 is 0 Å². The van der Waals surface area contributed by atoms with Gasteiger partial charge in [-0.2, -0.15) is 0 Å². The first-order valence-corrected chi connectivity index (χ1v) is 5.43. The summed E-state index contributed by atoms with van der Waals surface area (Å²) in [5.74, 6) is 3.00. The summed E-state index contributed by atoms with van der Waals surface area (Å²) in [7, 11) is 2.46. The highest BCUT2D eigenvalue weighted by Gasteiger charge is 2.41. The van der Waals surface area contributed by atoms with E-state index in [1.165, 1.54) is 37.0 Å². The molecule has 0 N–H and O–H groups in total. The second-order valence-corrected chi connectivity index (χ2v) is 5.57. The highest BCUT2D eigenvalue weighted by atomic mass is 15.4. The van der Waals surface area contributed by atoms with Crippen molar-refractivity contribution in [2.75, 3.05) is 26.7 Å². The summed E-state index contributed by atoms with van der Waals surface area (Å²) >= 11 is 0. The maximum Gasteiger partial charge on any atom is 0.0815 e. The van der Waals surface area contributed by atoms with Crippen LogP contribution >= 0.6 is 0 Å². The highest BCUT2D eigenvalue weighted by Crippen LogP contribution is 2.36. The van der Waals surface area contributed by atoms with Crippen LogP contribution in [0.15, 0.2) is 0 Å². The highest BCUT2D eigenvalue weighted by molar-refractivity contribution is 4.76. The van der Waals surface area contributed by atoms with Crippen molar-refractivity contribution in [3.63, 3.8) is 0 Å². The topological polar surface area (TPSA) is 0 Å². The second kappa shape index (κ2) is 2.73. The smallest absolute Gasteiger partial charge is 0.0815 e. The maximum absolute atomic E-state index is 2.46. The van der Waals surface area contributed by atoms with Crippen LogP contribution in [0.5, 0.6) is 0 Å². The normalized spacial score (nSPS) is 48.2. The van der Waals surface area contributed by atoms with Gasteiger partial charge in [-0.3, -0.25) is 0 Å². The van der Waals surface area contributed by atoms with Crippen molar-refractivity contribution < 1.29 is 4.48 Å². The molecule has 1 saturated carbocycles. The second-order valence-electron chi connectivity index (χ2n) is 5.57. The minimum absolute atomic E-state index is 0.953. The molecule has 12 heavy (non-hydrogen) atoms. The van der Waals surface area contributed by atoms with Gasteiger partial charge in [0.1, 0.15) is 0 Å². The van der Waals surface area contributed by atoms with Crippen molar-refractivity contribution in [1.29, 1.82) is 0 Å². The van der Waals surface area contributed by atoms with Crippen LogP contribution in [0.3, 0.4) is 0 Å². The third-order valence-electron chi connectivity index (χ3n) is 3.82. The Balaban J connectivity index is 1.92. The Morgan fingerprint density at radius 3 is 2.00 bits per heavy atom. The van der Waals surface area contributed by atoms with E-state index in [2.05, 4.69) is 20.9 Å². The molecule has 0 amide bonds. The summed E-state index contributed by atoms with van der Waals surface area (Å²) in [4.78, 5) is 0. The van der Waals surface area contributed by atoms with Crippen LogP contribution in [0.1, 0.15) is 26.7 Å². The first-order chi connectivity index (χ1) is 5.59. The maximum atomic E-state index is 2.46. The van der Waals surface area contributed by atoms with Gasteiger partial charge in [0, 0.05) is 17.8 Å². The molecule has 0 aromatic rings. The predicted molar refractivity (Wildman–Crippen MR) is 51.8 cm³/mol. The Morgan fingerprint density at radius 1 is 1.08 bits per heavy atom. The Bertz CT molecular complexity index is 156. The van der Waals surface area contributed by atoms with Crippen LogP contribution in [0.2, 0.25) is 0 Å². The van der Waals surface area contributed by atoms with E-state index in [1.54, 1.807) is 0 Å². The molecule has 2 unspecified atom stereocenters. The largest absolute Gasteiger partial charge is 0.325 e. The lowest BCUT2D eigenvalue weighted by Gasteiger charge is -2.29. The number of hydrogen-bond donors (Lipinski definition) is 0. The Morgan fingerprint density at radius 2 is 1.58 bits per heavy atom. The standard InChI is InChI=1S/C11H22N/c1-9-6-12(3,7-10(9)2)8-11-4-5-11/h9-11H,4-8H2,1-3H3/q+1. The first kappa shape index (κ1) is 8.55. The average molecular weight is 168 g/mol. The molecule has 1 aliphatic carbocycles. The monoisotopic (exact) mass is 168 g/mol. The minimum atomic E-state index is 0.953. The van der Waals surface area contributed by atoms with Gasteiger partial charge in [-0.05, 0) is 12.8 Å². The molecule has 1 nitrogen and oxygen atoms in total. The molecule has 1 heteroatoms. The van der Waals surface area contributed by atoms with Crippen molar-refractivity contribution in [3.8, 4) is 0 Å². The number of hydrogen-bond acceptors (Lipinski definition) is 0. The number of nitrogens with zero attached hydrogens (tertiary/aromatic N) is 1. The summed E-state index contributed by atoms with van der Waals surface area (Å²) in [5, 5.41) is 0. The van der Waals surface area contributed by atoms with Crippen molar-refractivity contribution in [1.82, 2.24) is 0 Å². The molecule has 0 bridgehead atoms. The molecule has 0 radical (unpaired) electrons. The van der Waals surface area contributed by atoms with Gasteiger partial charge in [0.05, 0.1) is 26.7 Å². The first-order valence-electron chi connectivity index (χ1n) is 5.43. The number of rotatable bonds is 2. The fourth-order valence-electron chi connectivity index (χ4n) is 2.90. The lowest BCUT2D eigenvalue weighted by Crippen LogP contribution is -2.43. The Kier molecular flexibility index (Phi) is 1.95. The van der Waals surface area contributed by atoms with Crippen molar-refractivity contribution in [3.05, 3.63) is 0 Å². The van der Waals surface area contributed by atoms with Crippen molar-refractivity contribution in [2.45, 2.75) is 26.7 Å². The van der Waals surface area contributed by atoms with Gasteiger partial charge in [-0.15, -0.1) is 0 Å². The van der Waals surface area contributed by atoms with Crippen molar-refractivity contribution in [2.24, 2.45) is 17.8 Å². The number of likely N-dealkylation sites (tertiary alicyclic amines) is 1. The fourth-order valence-corrected chi connectivity index (χ4v) is 2.90. The van der Waals surface area contributed by atoms with Gasteiger partial charge in [0.15, 0.2) is 0 Å². The van der Waals surface area contributed by atoms with E-state index in [4.69, 9.17) is 0 Å². The zero-order valence-corrected chi connectivity index (χ0v) is 8.71. The molecular formula is C11H22N+. The molecule has 1 aliphatic heterocycles. The van der Waals surface area contributed by atoms with E-state index in [-0.39, 0.29) is 0 Å². The fraction of sp³-hybridized carbons (Fsp3) is 1.00. The summed E-state index contributed by atoms with van der Waals surface area (Å²) in [5.41, 5.74) is 0. The Hall–Kier alpha value is -0.0400. The zero-order chi connectivity index (χ0) is 8.77. The molecule has 1 heterocycles. The quantitative estimate of drug-likeness (QED) is 0.554. The van der Waals surface area contributed by atoms with Crippen LogP contribution in [-0.4, -0.2) is 31.2 Å². The molecule has 0 spiro atoms. The van der Waals surface area contributed by atoms with Gasteiger partial charge in [-0.25, -0.2) is 0 Å². The van der Waals surface area contributed by atoms with Gasteiger partial charge in [0.2, 0.25) is 0 Å². The summed E-state index contributed by atoms with van der Waals surface area (Å²) in [6.07, 6.45) is 3.02.